The monoisotopic (exact) mass is 272 g/mol. The summed E-state index contributed by atoms with van der Waals surface area (Å²) in [6.45, 7) is 4.37. The number of nitrogen functional groups attached to an aromatic ring is 1. The van der Waals surface area contributed by atoms with Crippen molar-refractivity contribution in [2.75, 3.05) is 30.3 Å². The highest BCUT2D eigenvalue weighted by Gasteiger charge is 2.20. The number of halogens is 2. The van der Waals surface area contributed by atoms with Crippen LogP contribution in [0.25, 0.3) is 0 Å². The molecule has 6 heteroatoms. The van der Waals surface area contributed by atoms with Gasteiger partial charge in [-0.15, -0.1) is 0 Å². The molecule has 4 nitrogen and oxygen atoms in total. The molecule has 1 aromatic carbocycles. The van der Waals surface area contributed by atoms with E-state index >= 15 is 0 Å². The fourth-order valence-corrected chi connectivity index (χ4v) is 2.53. The molecule has 0 saturated carbocycles. The van der Waals surface area contributed by atoms with Crippen molar-refractivity contribution in [3.8, 4) is 0 Å². The van der Waals surface area contributed by atoms with Gasteiger partial charge in [0.15, 0.2) is 5.96 Å². The number of nitrogens with zero attached hydrogens (tertiary/aromatic N) is 2. The van der Waals surface area contributed by atoms with Gasteiger partial charge in [-0.25, -0.2) is 0 Å². The summed E-state index contributed by atoms with van der Waals surface area (Å²) in [5.41, 5.74) is 7.00. The Morgan fingerprint density at radius 3 is 2.53 bits per heavy atom. The van der Waals surface area contributed by atoms with Crippen LogP contribution < -0.4 is 16.0 Å². The van der Waals surface area contributed by atoms with E-state index < -0.39 is 0 Å². The van der Waals surface area contributed by atoms with E-state index in [1.54, 1.807) is 12.1 Å². The van der Waals surface area contributed by atoms with Gasteiger partial charge in [-0.05, 0) is 19.1 Å². The van der Waals surface area contributed by atoms with Crippen LogP contribution in [0.4, 0.5) is 11.4 Å². The fourth-order valence-electron chi connectivity index (χ4n) is 1.82. The first-order chi connectivity index (χ1) is 8.13. The Labute approximate surface area is 110 Å². The van der Waals surface area contributed by atoms with Crippen molar-refractivity contribution in [3.05, 3.63) is 22.2 Å². The van der Waals surface area contributed by atoms with Crippen molar-refractivity contribution < 1.29 is 0 Å². The van der Waals surface area contributed by atoms with E-state index in [-0.39, 0.29) is 0 Å². The molecular formula is C11H14Cl2N4. The van der Waals surface area contributed by atoms with Gasteiger partial charge >= 0.3 is 0 Å². The molecule has 0 saturated heterocycles. The molecule has 1 aliphatic rings. The number of hydrogen-bond acceptors (Lipinski definition) is 4. The highest BCUT2D eigenvalue weighted by Crippen LogP contribution is 2.36. The highest BCUT2D eigenvalue weighted by atomic mass is 35.5. The molecular weight excluding hydrogens is 259 g/mol. The van der Waals surface area contributed by atoms with Crippen LogP contribution in [0.3, 0.4) is 0 Å². The number of anilines is 2. The van der Waals surface area contributed by atoms with Crippen molar-refractivity contribution >= 4 is 40.5 Å². The molecule has 1 aliphatic heterocycles. The first-order valence-corrected chi connectivity index (χ1v) is 6.19. The summed E-state index contributed by atoms with van der Waals surface area (Å²) in [6, 6.07) is 3.39. The fraction of sp³-hybridized carbons (Fsp3) is 0.364. The summed E-state index contributed by atoms with van der Waals surface area (Å²) in [7, 11) is 0. The van der Waals surface area contributed by atoms with Gasteiger partial charge in [-0.2, -0.15) is 0 Å². The third-order valence-corrected chi connectivity index (χ3v) is 3.11. The molecule has 0 atom stereocenters. The molecule has 0 aliphatic carbocycles. The lowest BCUT2D eigenvalue weighted by molar-refractivity contribution is 0.937. The third-order valence-electron chi connectivity index (χ3n) is 2.54. The first-order valence-electron chi connectivity index (χ1n) is 5.44. The van der Waals surface area contributed by atoms with Gasteiger partial charge in [0.2, 0.25) is 0 Å². The third kappa shape index (κ3) is 2.42. The lowest BCUT2D eigenvalue weighted by atomic mass is 10.2. The first kappa shape index (κ1) is 12.3. The molecule has 0 spiro atoms. The van der Waals surface area contributed by atoms with E-state index in [0.717, 1.165) is 31.3 Å². The summed E-state index contributed by atoms with van der Waals surface area (Å²) in [4.78, 5) is 6.33. The van der Waals surface area contributed by atoms with Crippen molar-refractivity contribution in [2.45, 2.75) is 6.92 Å². The smallest absolute Gasteiger partial charge is 0.198 e. The minimum atomic E-state index is 0.535. The summed E-state index contributed by atoms with van der Waals surface area (Å²) in [6.07, 6.45) is 0. The number of aliphatic imine (C=N–C) groups is 1. The van der Waals surface area contributed by atoms with Crippen molar-refractivity contribution in [3.63, 3.8) is 0 Å². The Morgan fingerprint density at radius 1 is 1.41 bits per heavy atom. The molecule has 0 aromatic heterocycles. The zero-order chi connectivity index (χ0) is 12.4. The van der Waals surface area contributed by atoms with E-state index in [2.05, 4.69) is 10.3 Å². The van der Waals surface area contributed by atoms with Crippen molar-refractivity contribution in [1.29, 1.82) is 0 Å². The van der Waals surface area contributed by atoms with Gasteiger partial charge in [-0.3, -0.25) is 4.99 Å². The number of hydrogen-bond donors (Lipinski definition) is 2. The Balaban J connectivity index is 2.43. The quantitative estimate of drug-likeness (QED) is 0.813. The van der Waals surface area contributed by atoms with Crippen LogP contribution in [0.15, 0.2) is 17.1 Å². The molecule has 92 valence electrons. The van der Waals surface area contributed by atoms with Crippen LogP contribution >= 0.6 is 23.2 Å². The average molecular weight is 273 g/mol. The Morgan fingerprint density at radius 2 is 2.06 bits per heavy atom. The summed E-state index contributed by atoms with van der Waals surface area (Å²) in [5, 5.41) is 4.27. The van der Waals surface area contributed by atoms with Gasteiger partial charge in [0.05, 0.1) is 22.3 Å². The minimum Gasteiger partial charge on any atom is -0.399 e. The molecule has 1 aromatic rings. The zero-order valence-corrected chi connectivity index (χ0v) is 11.0. The largest absolute Gasteiger partial charge is 0.399 e. The van der Waals surface area contributed by atoms with Crippen LogP contribution in [0.2, 0.25) is 10.0 Å². The van der Waals surface area contributed by atoms with Crippen LogP contribution in [0, 0.1) is 0 Å². The molecule has 0 unspecified atom stereocenters. The topological polar surface area (TPSA) is 53.6 Å². The molecule has 0 bridgehead atoms. The molecule has 1 heterocycles. The Hall–Kier alpha value is -1.13. The van der Waals surface area contributed by atoms with E-state index in [1.807, 2.05) is 11.8 Å². The van der Waals surface area contributed by atoms with Gasteiger partial charge in [0.25, 0.3) is 0 Å². The second-order valence-corrected chi connectivity index (χ2v) is 4.52. The van der Waals surface area contributed by atoms with Crippen molar-refractivity contribution in [2.24, 2.45) is 4.99 Å². The maximum atomic E-state index is 6.20. The summed E-state index contributed by atoms with van der Waals surface area (Å²) in [5.74, 6) is 0.807. The second-order valence-electron chi connectivity index (χ2n) is 3.71. The standard InChI is InChI=1S/C11H14Cl2N4/c1-2-17(11-15-3-4-16-11)10-8(12)5-7(14)6-9(10)13/h5-6H,2-4,14H2,1H3,(H,15,16). The van der Waals surface area contributed by atoms with Crippen LogP contribution in [0.1, 0.15) is 6.92 Å². The number of benzene rings is 1. The number of nitrogens with one attached hydrogen (secondary N) is 1. The number of guanidine groups is 1. The molecule has 0 radical (unpaired) electrons. The van der Waals surface area contributed by atoms with E-state index in [1.165, 1.54) is 0 Å². The maximum Gasteiger partial charge on any atom is 0.198 e. The normalized spacial score (nSPS) is 14.4. The molecule has 0 amide bonds. The lowest BCUT2D eigenvalue weighted by Crippen LogP contribution is -2.39. The van der Waals surface area contributed by atoms with Crippen molar-refractivity contribution in [1.82, 2.24) is 5.32 Å². The summed E-state index contributed by atoms with van der Waals surface area (Å²) < 4.78 is 0. The second kappa shape index (κ2) is 5.02. The number of nitrogens with two attached hydrogens (primary N) is 1. The van der Waals surface area contributed by atoms with Gasteiger partial charge < -0.3 is 16.0 Å². The Bertz CT molecular complexity index is 436. The zero-order valence-electron chi connectivity index (χ0n) is 9.50. The molecule has 3 N–H and O–H groups in total. The van der Waals surface area contributed by atoms with Gasteiger partial charge in [0, 0.05) is 18.8 Å². The predicted octanol–water partition coefficient (Wildman–Crippen LogP) is 2.36. The minimum absolute atomic E-state index is 0.535. The predicted molar refractivity (Wildman–Crippen MR) is 74.2 cm³/mol. The van der Waals surface area contributed by atoms with Gasteiger partial charge in [-0.1, -0.05) is 23.2 Å². The average Bonchev–Trinajstić information content (AvgIpc) is 2.76. The molecule has 0 fully saturated rings. The lowest BCUT2D eigenvalue weighted by Gasteiger charge is -2.25. The van der Waals surface area contributed by atoms with Crippen LogP contribution in [0.5, 0.6) is 0 Å². The SMILES string of the molecule is CCN(C1=NCCN1)c1c(Cl)cc(N)cc1Cl. The summed E-state index contributed by atoms with van der Waals surface area (Å²) >= 11 is 12.4. The number of rotatable bonds is 2. The maximum absolute atomic E-state index is 6.20. The van der Waals surface area contributed by atoms with Crippen LogP contribution in [-0.4, -0.2) is 25.6 Å². The van der Waals surface area contributed by atoms with E-state index in [0.29, 0.717) is 15.7 Å². The van der Waals surface area contributed by atoms with E-state index in [4.69, 9.17) is 28.9 Å². The molecule has 2 rings (SSSR count). The van der Waals surface area contributed by atoms with E-state index in [9.17, 15) is 0 Å². The van der Waals surface area contributed by atoms with Crippen LogP contribution in [-0.2, 0) is 0 Å². The Kier molecular flexibility index (Phi) is 3.64. The van der Waals surface area contributed by atoms with Gasteiger partial charge in [0.1, 0.15) is 0 Å². The highest BCUT2D eigenvalue weighted by molar-refractivity contribution is 6.40. The molecule has 17 heavy (non-hydrogen) atoms.